The van der Waals surface area contributed by atoms with Crippen LogP contribution in [0.5, 0.6) is 5.75 Å². The van der Waals surface area contributed by atoms with Crippen molar-refractivity contribution in [3.63, 3.8) is 0 Å². The number of hydrogen-bond acceptors (Lipinski definition) is 4. The maximum Gasteiger partial charge on any atom is 0.262 e. The van der Waals surface area contributed by atoms with Crippen LogP contribution in [0.15, 0.2) is 59.5 Å². The van der Waals surface area contributed by atoms with Gasteiger partial charge in [0.05, 0.1) is 28.7 Å². The highest BCUT2D eigenvalue weighted by atomic mass is 32.2. The lowest BCUT2D eigenvalue weighted by molar-refractivity contribution is 0.410. The Labute approximate surface area is 176 Å². The Morgan fingerprint density at radius 1 is 0.967 bits per heavy atom. The number of imidazole rings is 1. The van der Waals surface area contributed by atoms with Crippen LogP contribution >= 0.6 is 0 Å². The predicted molar refractivity (Wildman–Crippen MR) is 120 cm³/mol. The minimum atomic E-state index is -3.83. The summed E-state index contributed by atoms with van der Waals surface area (Å²) in [6, 6.07) is 16.7. The number of benzene rings is 3. The molecule has 0 spiro atoms. The number of para-hydroxylation sites is 3. The molecule has 4 rings (SSSR count). The molecule has 0 aliphatic rings. The number of sulfonamides is 1. The summed E-state index contributed by atoms with van der Waals surface area (Å²) < 4.78 is 34.9. The molecule has 4 aromatic rings. The molecular weight excluding hydrogens is 398 g/mol. The summed E-state index contributed by atoms with van der Waals surface area (Å²) in [5, 5.41) is 0. The second-order valence-corrected chi connectivity index (χ2v) is 8.85. The Bertz CT molecular complexity index is 1320. The minimum Gasteiger partial charge on any atom is -0.496 e. The highest BCUT2D eigenvalue weighted by Gasteiger charge is 2.24. The molecule has 6 nitrogen and oxygen atoms in total. The van der Waals surface area contributed by atoms with Crippen LogP contribution in [0.3, 0.4) is 0 Å². The minimum absolute atomic E-state index is 0.264. The molecule has 0 fully saturated rings. The van der Waals surface area contributed by atoms with Crippen LogP contribution in [0.1, 0.15) is 16.7 Å². The Balaban J connectivity index is 1.80. The molecule has 0 aliphatic carbocycles. The SMILES string of the molecule is COc1cc(C)c(S(=O)(=O)Nc2ccccc2-c2nc3ccccc3[nH]2)c(C)c1C. The van der Waals surface area contributed by atoms with Gasteiger partial charge in [-0.1, -0.05) is 24.3 Å². The van der Waals surface area contributed by atoms with E-state index in [9.17, 15) is 8.42 Å². The Morgan fingerprint density at radius 3 is 2.40 bits per heavy atom. The summed E-state index contributed by atoms with van der Waals surface area (Å²) in [5.74, 6) is 1.28. The summed E-state index contributed by atoms with van der Waals surface area (Å²) >= 11 is 0. The first kappa shape index (κ1) is 20.0. The average molecular weight is 422 g/mol. The first-order valence-corrected chi connectivity index (χ1v) is 11.0. The second-order valence-electron chi connectivity index (χ2n) is 7.23. The van der Waals surface area contributed by atoms with Crippen molar-refractivity contribution in [2.45, 2.75) is 25.7 Å². The third-order valence-electron chi connectivity index (χ3n) is 5.28. The summed E-state index contributed by atoms with van der Waals surface area (Å²) in [7, 11) is -2.25. The molecule has 30 heavy (non-hydrogen) atoms. The molecule has 0 aliphatic heterocycles. The van der Waals surface area contributed by atoms with Gasteiger partial charge < -0.3 is 9.72 Å². The van der Waals surface area contributed by atoms with Crippen molar-refractivity contribution in [1.82, 2.24) is 9.97 Å². The maximum absolute atomic E-state index is 13.4. The number of hydrogen-bond donors (Lipinski definition) is 2. The molecule has 0 atom stereocenters. The van der Waals surface area contributed by atoms with Gasteiger partial charge >= 0.3 is 0 Å². The number of anilines is 1. The Kier molecular flexibility index (Phi) is 4.99. The Morgan fingerprint density at radius 2 is 1.67 bits per heavy atom. The van der Waals surface area contributed by atoms with Gasteiger partial charge in [0.25, 0.3) is 10.0 Å². The fourth-order valence-electron chi connectivity index (χ4n) is 3.70. The van der Waals surface area contributed by atoms with Crippen LogP contribution in [0.25, 0.3) is 22.4 Å². The summed E-state index contributed by atoms with van der Waals surface area (Å²) in [6.45, 7) is 5.42. The quantitative estimate of drug-likeness (QED) is 0.477. The molecule has 0 saturated carbocycles. The number of nitrogens with zero attached hydrogens (tertiary/aromatic N) is 1. The van der Waals surface area contributed by atoms with Gasteiger partial charge in [-0.2, -0.15) is 0 Å². The average Bonchev–Trinajstić information content (AvgIpc) is 3.14. The van der Waals surface area contributed by atoms with Crippen LogP contribution in [0.2, 0.25) is 0 Å². The van der Waals surface area contributed by atoms with E-state index in [1.807, 2.05) is 43.3 Å². The van der Waals surface area contributed by atoms with E-state index in [4.69, 9.17) is 4.74 Å². The smallest absolute Gasteiger partial charge is 0.262 e. The lowest BCUT2D eigenvalue weighted by Gasteiger charge is -2.18. The van der Waals surface area contributed by atoms with E-state index in [1.54, 1.807) is 39.2 Å². The molecule has 0 amide bonds. The van der Waals surface area contributed by atoms with Gasteiger partial charge in [-0.05, 0) is 67.8 Å². The van der Waals surface area contributed by atoms with E-state index in [-0.39, 0.29) is 4.90 Å². The standard InChI is InChI=1S/C23H23N3O3S/c1-14-13-21(29-4)15(2)16(3)22(14)30(27,28)26-18-10-6-5-9-17(18)23-24-19-11-7-8-12-20(19)25-23/h5-13,26H,1-4H3,(H,24,25). The van der Waals surface area contributed by atoms with E-state index >= 15 is 0 Å². The number of fused-ring (bicyclic) bond motifs is 1. The van der Waals surface area contributed by atoms with Gasteiger partial charge in [-0.25, -0.2) is 13.4 Å². The molecule has 0 saturated heterocycles. The van der Waals surface area contributed by atoms with Gasteiger partial charge in [0, 0.05) is 5.56 Å². The van der Waals surface area contributed by atoms with Crippen molar-refractivity contribution in [3.05, 3.63) is 71.3 Å². The van der Waals surface area contributed by atoms with Gasteiger partial charge in [0.15, 0.2) is 0 Å². The number of aromatic nitrogens is 2. The van der Waals surface area contributed by atoms with E-state index in [2.05, 4.69) is 14.7 Å². The molecule has 0 unspecified atom stereocenters. The van der Waals surface area contributed by atoms with Crippen LogP contribution in [0, 0.1) is 20.8 Å². The number of ether oxygens (including phenoxy) is 1. The third-order valence-corrected chi connectivity index (χ3v) is 6.94. The zero-order chi connectivity index (χ0) is 21.5. The van der Waals surface area contributed by atoms with Gasteiger partial charge in [0.2, 0.25) is 0 Å². The fraction of sp³-hybridized carbons (Fsp3) is 0.174. The van der Waals surface area contributed by atoms with Gasteiger partial charge in [-0.3, -0.25) is 4.72 Å². The van der Waals surface area contributed by atoms with Crippen molar-refractivity contribution in [2.75, 3.05) is 11.8 Å². The molecule has 0 bridgehead atoms. The first-order chi connectivity index (χ1) is 14.3. The fourth-order valence-corrected chi connectivity index (χ4v) is 5.31. The number of aryl methyl sites for hydroxylation is 1. The lowest BCUT2D eigenvalue weighted by Crippen LogP contribution is -2.17. The summed E-state index contributed by atoms with van der Waals surface area (Å²) in [4.78, 5) is 8.14. The van der Waals surface area contributed by atoms with Crippen molar-refractivity contribution >= 4 is 26.7 Å². The molecule has 154 valence electrons. The molecule has 3 aromatic carbocycles. The number of methoxy groups -OCH3 is 1. The van der Waals surface area contributed by atoms with E-state index in [1.165, 1.54) is 0 Å². The number of H-pyrrole nitrogens is 1. The predicted octanol–water partition coefficient (Wildman–Crippen LogP) is 4.96. The van der Waals surface area contributed by atoms with Crippen molar-refractivity contribution < 1.29 is 13.2 Å². The number of aromatic amines is 1. The molecule has 1 heterocycles. The molecule has 2 N–H and O–H groups in total. The van der Waals surface area contributed by atoms with Crippen LogP contribution in [-0.2, 0) is 10.0 Å². The van der Waals surface area contributed by atoms with E-state index < -0.39 is 10.0 Å². The summed E-state index contributed by atoms with van der Waals surface area (Å²) in [5.41, 5.74) is 4.95. The van der Waals surface area contributed by atoms with Gasteiger partial charge in [0.1, 0.15) is 11.6 Å². The largest absolute Gasteiger partial charge is 0.496 e. The highest BCUT2D eigenvalue weighted by Crippen LogP contribution is 2.34. The number of rotatable bonds is 5. The summed E-state index contributed by atoms with van der Waals surface area (Å²) in [6.07, 6.45) is 0. The van der Waals surface area contributed by atoms with Crippen molar-refractivity contribution in [1.29, 1.82) is 0 Å². The lowest BCUT2D eigenvalue weighted by atomic mass is 10.1. The molecule has 0 radical (unpaired) electrons. The molecule has 7 heteroatoms. The van der Waals surface area contributed by atoms with Crippen LogP contribution in [0.4, 0.5) is 5.69 Å². The zero-order valence-electron chi connectivity index (χ0n) is 17.3. The van der Waals surface area contributed by atoms with Crippen LogP contribution in [-0.4, -0.2) is 25.5 Å². The normalized spacial score (nSPS) is 11.6. The molecule has 1 aromatic heterocycles. The maximum atomic E-state index is 13.4. The zero-order valence-corrected chi connectivity index (χ0v) is 18.1. The highest BCUT2D eigenvalue weighted by molar-refractivity contribution is 7.92. The van der Waals surface area contributed by atoms with Gasteiger partial charge in [-0.15, -0.1) is 0 Å². The third kappa shape index (κ3) is 3.41. The van der Waals surface area contributed by atoms with Crippen LogP contribution < -0.4 is 9.46 Å². The van der Waals surface area contributed by atoms with E-state index in [0.717, 1.165) is 16.6 Å². The van der Waals surface area contributed by atoms with Crippen molar-refractivity contribution in [2.24, 2.45) is 0 Å². The Hall–Kier alpha value is -3.32. The second kappa shape index (κ2) is 7.50. The first-order valence-electron chi connectivity index (χ1n) is 9.53. The topological polar surface area (TPSA) is 84.1 Å². The molecular formula is C23H23N3O3S. The monoisotopic (exact) mass is 421 g/mol. The van der Waals surface area contributed by atoms with E-state index in [0.29, 0.717) is 34.0 Å². The number of nitrogens with one attached hydrogen (secondary N) is 2. The van der Waals surface area contributed by atoms with Crippen molar-refractivity contribution in [3.8, 4) is 17.1 Å².